The number of aryl methyl sites for hydroxylation is 1. The summed E-state index contributed by atoms with van der Waals surface area (Å²) < 4.78 is 27.4. The molecule has 126 valence electrons. The van der Waals surface area contributed by atoms with Crippen molar-refractivity contribution in [3.05, 3.63) is 59.7 Å². The summed E-state index contributed by atoms with van der Waals surface area (Å²) in [4.78, 5) is 0.207. The zero-order valence-electron chi connectivity index (χ0n) is 13.3. The van der Waals surface area contributed by atoms with Crippen LogP contribution in [0.25, 0.3) is 0 Å². The maximum atomic E-state index is 12.4. The second-order valence-electron chi connectivity index (χ2n) is 5.17. The molecule has 2 aromatic carbocycles. The van der Waals surface area contributed by atoms with E-state index in [0.717, 1.165) is 11.1 Å². The minimum absolute atomic E-state index is 0.0607. The van der Waals surface area contributed by atoms with Crippen molar-refractivity contribution < 1.29 is 8.42 Å². The molecule has 0 bridgehead atoms. The molecule has 0 atom stereocenters. The number of rotatable bonds is 5. The molecule has 6 nitrogen and oxygen atoms in total. The van der Waals surface area contributed by atoms with Crippen molar-refractivity contribution in [3.63, 3.8) is 0 Å². The fourth-order valence-corrected chi connectivity index (χ4v) is 3.04. The number of nitrogens with one attached hydrogen (secondary N) is 2. The number of hydrogen-bond donors (Lipinski definition) is 3. The molecular formula is C16H18N4O2S2. The summed E-state index contributed by atoms with van der Waals surface area (Å²) in [5, 5.41) is 4.08. The van der Waals surface area contributed by atoms with Gasteiger partial charge in [0.1, 0.15) is 0 Å². The number of thiocarbonyl (C=S) groups is 1. The molecule has 0 aromatic heterocycles. The molecule has 2 rings (SSSR count). The van der Waals surface area contributed by atoms with Crippen molar-refractivity contribution in [2.45, 2.75) is 18.7 Å². The van der Waals surface area contributed by atoms with Gasteiger partial charge in [-0.3, -0.25) is 10.1 Å². The van der Waals surface area contributed by atoms with Crippen LogP contribution in [-0.4, -0.2) is 19.2 Å². The number of nitrogens with zero attached hydrogens (tertiary/aromatic N) is 1. The lowest BCUT2D eigenvalue weighted by atomic mass is 10.1. The van der Waals surface area contributed by atoms with E-state index in [4.69, 9.17) is 18.0 Å². The maximum absolute atomic E-state index is 12.4. The third-order valence-corrected chi connectivity index (χ3v) is 4.69. The SMILES string of the molecule is C/C(=N\NC(N)=S)c1cccc(NS(=O)(=O)c2ccc(C)cc2)c1. The van der Waals surface area contributed by atoms with E-state index in [9.17, 15) is 8.42 Å². The van der Waals surface area contributed by atoms with E-state index in [1.807, 2.05) is 13.0 Å². The smallest absolute Gasteiger partial charge is 0.261 e. The van der Waals surface area contributed by atoms with Gasteiger partial charge in [-0.1, -0.05) is 29.8 Å². The molecule has 2 aromatic rings. The van der Waals surface area contributed by atoms with E-state index < -0.39 is 10.0 Å². The first-order valence-electron chi connectivity index (χ1n) is 7.07. The normalized spacial score (nSPS) is 11.8. The zero-order chi connectivity index (χ0) is 17.7. The van der Waals surface area contributed by atoms with Crippen LogP contribution in [0.3, 0.4) is 0 Å². The average Bonchev–Trinajstić information content (AvgIpc) is 2.52. The third-order valence-electron chi connectivity index (χ3n) is 3.20. The molecule has 0 amide bonds. The quantitative estimate of drug-likeness (QED) is 0.431. The van der Waals surface area contributed by atoms with Crippen LogP contribution in [0.4, 0.5) is 5.69 Å². The second-order valence-corrected chi connectivity index (χ2v) is 7.29. The second kappa shape index (κ2) is 7.41. The lowest BCUT2D eigenvalue weighted by Gasteiger charge is -2.10. The van der Waals surface area contributed by atoms with Crippen LogP contribution in [0.5, 0.6) is 0 Å². The summed E-state index contributed by atoms with van der Waals surface area (Å²) in [5.41, 5.74) is 10.6. The predicted molar refractivity (Wildman–Crippen MR) is 101 cm³/mol. The molecule has 0 saturated carbocycles. The molecule has 0 aliphatic rings. The topological polar surface area (TPSA) is 96.6 Å². The Kier molecular flexibility index (Phi) is 5.53. The van der Waals surface area contributed by atoms with Crippen LogP contribution >= 0.6 is 12.2 Å². The van der Waals surface area contributed by atoms with Crippen LogP contribution < -0.4 is 15.9 Å². The first-order valence-corrected chi connectivity index (χ1v) is 8.97. The Bertz CT molecular complexity index is 875. The Hall–Kier alpha value is -2.45. The first-order chi connectivity index (χ1) is 11.3. The highest BCUT2D eigenvalue weighted by Crippen LogP contribution is 2.18. The largest absolute Gasteiger partial charge is 0.375 e. The molecular weight excluding hydrogens is 344 g/mol. The Morgan fingerprint density at radius 2 is 1.83 bits per heavy atom. The fraction of sp³-hybridized carbons (Fsp3) is 0.125. The molecule has 0 spiro atoms. The number of anilines is 1. The van der Waals surface area contributed by atoms with Gasteiger partial charge in [0.25, 0.3) is 10.0 Å². The van der Waals surface area contributed by atoms with Gasteiger partial charge in [-0.05, 0) is 55.9 Å². The maximum Gasteiger partial charge on any atom is 0.261 e. The van der Waals surface area contributed by atoms with Gasteiger partial charge in [0.15, 0.2) is 5.11 Å². The van der Waals surface area contributed by atoms with Crippen molar-refractivity contribution in [2.24, 2.45) is 10.8 Å². The minimum Gasteiger partial charge on any atom is -0.375 e. The number of sulfonamides is 1. The highest BCUT2D eigenvalue weighted by molar-refractivity contribution is 7.92. The Labute approximate surface area is 146 Å². The number of hydrazone groups is 1. The molecule has 24 heavy (non-hydrogen) atoms. The summed E-state index contributed by atoms with van der Waals surface area (Å²) >= 11 is 4.69. The molecule has 0 aliphatic heterocycles. The van der Waals surface area contributed by atoms with Gasteiger partial charge in [0.05, 0.1) is 10.6 Å². The number of benzene rings is 2. The highest BCUT2D eigenvalue weighted by Gasteiger charge is 2.14. The van der Waals surface area contributed by atoms with Gasteiger partial charge in [-0.15, -0.1) is 0 Å². The molecule has 0 fully saturated rings. The molecule has 0 aliphatic carbocycles. The fourth-order valence-electron chi connectivity index (χ4n) is 1.94. The van der Waals surface area contributed by atoms with E-state index >= 15 is 0 Å². The molecule has 0 radical (unpaired) electrons. The predicted octanol–water partition coefficient (Wildman–Crippen LogP) is 2.35. The summed E-state index contributed by atoms with van der Waals surface area (Å²) in [6, 6.07) is 13.5. The van der Waals surface area contributed by atoms with Crippen LogP contribution in [0.2, 0.25) is 0 Å². The van der Waals surface area contributed by atoms with Crippen molar-refractivity contribution in [2.75, 3.05) is 4.72 Å². The van der Waals surface area contributed by atoms with Crippen LogP contribution in [0.1, 0.15) is 18.1 Å². The van der Waals surface area contributed by atoms with Crippen LogP contribution in [-0.2, 0) is 10.0 Å². The first kappa shape index (κ1) is 17.9. The van der Waals surface area contributed by atoms with Gasteiger partial charge >= 0.3 is 0 Å². The molecule has 0 saturated heterocycles. The van der Waals surface area contributed by atoms with Crippen LogP contribution in [0.15, 0.2) is 58.5 Å². The average molecular weight is 362 g/mol. The molecule has 8 heteroatoms. The van der Waals surface area contributed by atoms with Crippen molar-refractivity contribution in [1.29, 1.82) is 0 Å². The standard InChI is InChI=1S/C16H18N4O2S2/c1-11-6-8-15(9-7-11)24(21,22)20-14-5-3-4-13(10-14)12(2)18-19-16(17)23/h3-10,20H,1-2H3,(H3,17,19,23)/b18-12+. The highest BCUT2D eigenvalue weighted by atomic mass is 32.2. The van der Waals surface area contributed by atoms with E-state index in [1.165, 1.54) is 0 Å². The molecule has 0 unspecified atom stereocenters. The summed E-state index contributed by atoms with van der Waals surface area (Å²) in [6.45, 7) is 3.66. The van der Waals surface area contributed by atoms with E-state index in [1.54, 1.807) is 49.4 Å². The van der Waals surface area contributed by atoms with Crippen molar-refractivity contribution in [1.82, 2.24) is 5.43 Å². The number of nitrogens with two attached hydrogens (primary N) is 1. The Morgan fingerprint density at radius 1 is 1.17 bits per heavy atom. The summed E-state index contributed by atoms with van der Waals surface area (Å²) in [6.07, 6.45) is 0. The van der Waals surface area contributed by atoms with Crippen molar-refractivity contribution >= 4 is 38.8 Å². The Balaban J connectivity index is 2.24. The monoisotopic (exact) mass is 362 g/mol. The summed E-state index contributed by atoms with van der Waals surface area (Å²) in [7, 11) is -3.64. The van der Waals surface area contributed by atoms with Crippen LogP contribution in [0, 0.1) is 6.92 Å². The molecule has 0 heterocycles. The minimum atomic E-state index is -3.64. The van der Waals surface area contributed by atoms with Gasteiger partial charge in [0, 0.05) is 5.69 Å². The van der Waals surface area contributed by atoms with E-state index in [2.05, 4.69) is 15.2 Å². The molecule has 4 N–H and O–H groups in total. The number of hydrogen-bond acceptors (Lipinski definition) is 4. The van der Waals surface area contributed by atoms with Gasteiger partial charge < -0.3 is 5.73 Å². The van der Waals surface area contributed by atoms with Gasteiger partial charge in [0.2, 0.25) is 0 Å². The van der Waals surface area contributed by atoms with Gasteiger partial charge in [-0.2, -0.15) is 5.10 Å². The van der Waals surface area contributed by atoms with Crippen molar-refractivity contribution in [3.8, 4) is 0 Å². The van der Waals surface area contributed by atoms with Gasteiger partial charge in [-0.25, -0.2) is 8.42 Å². The lowest BCUT2D eigenvalue weighted by Crippen LogP contribution is -2.25. The lowest BCUT2D eigenvalue weighted by molar-refractivity contribution is 0.601. The van der Waals surface area contributed by atoms with E-state index in [0.29, 0.717) is 11.4 Å². The third kappa shape index (κ3) is 4.77. The summed E-state index contributed by atoms with van der Waals surface area (Å²) in [5.74, 6) is 0. The van der Waals surface area contributed by atoms with E-state index in [-0.39, 0.29) is 10.0 Å². The Morgan fingerprint density at radius 3 is 2.46 bits per heavy atom. The zero-order valence-corrected chi connectivity index (χ0v) is 14.9.